The SMILES string of the molecule is COC(=O)c1csc(CCCO)c1C. The maximum atomic E-state index is 11.3. The number of aliphatic hydroxyl groups excluding tert-OH is 1. The lowest BCUT2D eigenvalue weighted by Gasteiger charge is -1.99. The summed E-state index contributed by atoms with van der Waals surface area (Å²) in [6.07, 6.45) is 1.56. The number of methoxy groups -OCH3 is 1. The Morgan fingerprint density at radius 2 is 2.36 bits per heavy atom. The van der Waals surface area contributed by atoms with Gasteiger partial charge in [0, 0.05) is 16.9 Å². The van der Waals surface area contributed by atoms with Crippen LogP contribution in [-0.2, 0) is 11.2 Å². The Bertz CT molecular complexity index is 317. The van der Waals surface area contributed by atoms with Crippen molar-refractivity contribution < 1.29 is 14.6 Å². The van der Waals surface area contributed by atoms with Crippen molar-refractivity contribution >= 4 is 17.3 Å². The third-order valence-corrected chi connectivity index (χ3v) is 3.26. The van der Waals surface area contributed by atoms with Gasteiger partial charge in [0.2, 0.25) is 0 Å². The van der Waals surface area contributed by atoms with Gasteiger partial charge in [-0.25, -0.2) is 4.79 Å². The number of rotatable bonds is 4. The standard InChI is InChI=1S/C10H14O3S/c1-7-8(10(12)13-2)6-14-9(7)4-3-5-11/h6,11H,3-5H2,1-2H3. The van der Waals surface area contributed by atoms with Crippen LogP contribution in [0.3, 0.4) is 0 Å². The topological polar surface area (TPSA) is 46.5 Å². The van der Waals surface area contributed by atoms with E-state index in [1.165, 1.54) is 7.11 Å². The van der Waals surface area contributed by atoms with Crippen molar-refractivity contribution in [2.24, 2.45) is 0 Å². The van der Waals surface area contributed by atoms with Gasteiger partial charge in [-0.1, -0.05) is 0 Å². The van der Waals surface area contributed by atoms with E-state index in [1.54, 1.807) is 11.3 Å². The molecule has 1 aromatic rings. The first-order chi connectivity index (χ1) is 6.70. The first kappa shape index (κ1) is 11.2. The average molecular weight is 214 g/mol. The second kappa shape index (κ2) is 5.12. The van der Waals surface area contributed by atoms with Gasteiger partial charge in [-0.3, -0.25) is 0 Å². The molecule has 0 aliphatic carbocycles. The van der Waals surface area contributed by atoms with E-state index in [9.17, 15) is 4.79 Å². The number of esters is 1. The number of carbonyl (C=O) groups is 1. The second-order valence-corrected chi connectivity index (χ2v) is 3.98. The summed E-state index contributed by atoms with van der Waals surface area (Å²) in [5.74, 6) is -0.283. The first-order valence-electron chi connectivity index (χ1n) is 4.46. The summed E-state index contributed by atoms with van der Waals surface area (Å²) in [5.41, 5.74) is 1.63. The lowest BCUT2D eigenvalue weighted by Crippen LogP contribution is -2.01. The Morgan fingerprint density at radius 3 is 2.93 bits per heavy atom. The molecule has 0 saturated carbocycles. The zero-order chi connectivity index (χ0) is 10.6. The third kappa shape index (κ3) is 2.33. The molecule has 0 aliphatic heterocycles. The maximum Gasteiger partial charge on any atom is 0.338 e. The lowest BCUT2D eigenvalue weighted by atomic mass is 10.1. The van der Waals surface area contributed by atoms with Crippen molar-refractivity contribution in [3.05, 3.63) is 21.4 Å². The molecule has 0 spiro atoms. The van der Waals surface area contributed by atoms with Gasteiger partial charge in [0.15, 0.2) is 0 Å². The molecule has 0 amide bonds. The van der Waals surface area contributed by atoms with Gasteiger partial charge >= 0.3 is 5.97 Å². The van der Waals surface area contributed by atoms with Crippen LogP contribution in [0.5, 0.6) is 0 Å². The number of ether oxygens (including phenoxy) is 1. The summed E-state index contributed by atoms with van der Waals surface area (Å²) >= 11 is 1.55. The summed E-state index contributed by atoms with van der Waals surface area (Å²) in [4.78, 5) is 12.4. The number of aliphatic hydroxyl groups is 1. The third-order valence-electron chi connectivity index (χ3n) is 2.11. The Balaban J connectivity index is 2.80. The molecule has 14 heavy (non-hydrogen) atoms. The molecule has 0 fully saturated rings. The molecular weight excluding hydrogens is 200 g/mol. The molecule has 0 unspecified atom stereocenters. The minimum Gasteiger partial charge on any atom is -0.465 e. The van der Waals surface area contributed by atoms with Crippen molar-refractivity contribution in [1.29, 1.82) is 0 Å². The van der Waals surface area contributed by atoms with Crippen LogP contribution in [0.15, 0.2) is 5.38 Å². The first-order valence-corrected chi connectivity index (χ1v) is 5.34. The largest absolute Gasteiger partial charge is 0.465 e. The number of carbonyl (C=O) groups excluding carboxylic acids is 1. The Hall–Kier alpha value is -0.870. The van der Waals surface area contributed by atoms with Crippen molar-refractivity contribution in [1.82, 2.24) is 0 Å². The van der Waals surface area contributed by atoms with E-state index in [-0.39, 0.29) is 12.6 Å². The lowest BCUT2D eigenvalue weighted by molar-refractivity contribution is 0.0600. The quantitative estimate of drug-likeness (QED) is 0.777. The molecule has 1 aromatic heterocycles. The van der Waals surface area contributed by atoms with E-state index < -0.39 is 0 Å². The number of thiophene rings is 1. The molecular formula is C10H14O3S. The molecule has 0 saturated heterocycles. The minimum absolute atomic E-state index is 0.185. The van der Waals surface area contributed by atoms with Gasteiger partial charge in [0.25, 0.3) is 0 Å². The average Bonchev–Trinajstić information content (AvgIpc) is 2.56. The van der Waals surface area contributed by atoms with E-state index in [2.05, 4.69) is 4.74 Å². The van der Waals surface area contributed by atoms with Crippen molar-refractivity contribution in [2.45, 2.75) is 19.8 Å². The van der Waals surface area contributed by atoms with Gasteiger partial charge in [-0.15, -0.1) is 11.3 Å². The molecule has 0 radical (unpaired) electrons. The molecule has 78 valence electrons. The smallest absolute Gasteiger partial charge is 0.338 e. The van der Waals surface area contributed by atoms with E-state index in [4.69, 9.17) is 5.11 Å². The van der Waals surface area contributed by atoms with Crippen LogP contribution < -0.4 is 0 Å². The zero-order valence-corrected chi connectivity index (χ0v) is 9.19. The highest BCUT2D eigenvalue weighted by Crippen LogP contribution is 2.23. The molecule has 3 nitrogen and oxygen atoms in total. The highest BCUT2D eigenvalue weighted by atomic mass is 32.1. The van der Waals surface area contributed by atoms with Crippen LogP contribution in [0.1, 0.15) is 27.2 Å². The van der Waals surface area contributed by atoms with Crippen LogP contribution in [0.25, 0.3) is 0 Å². The monoisotopic (exact) mass is 214 g/mol. The number of aryl methyl sites for hydroxylation is 1. The fourth-order valence-corrected chi connectivity index (χ4v) is 2.34. The summed E-state index contributed by atoms with van der Waals surface area (Å²) in [6.45, 7) is 2.10. The number of hydrogen-bond acceptors (Lipinski definition) is 4. The second-order valence-electron chi connectivity index (χ2n) is 3.02. The Kier molecular flexibility index (Phi) is 4.10. The van der Waals surface area contributed by atoms with E-state index in [0.717, 1.165) is 23.3 Å². The van der Waals surface area contributed by atoms with E-state index in [0.29, 0.717) is 5.56 Å². The molecule has 1 heterocycles. The predicted molar refractivity (Wildman–Crippen MR) is 55.8 cm³/mol. The fraction of sp³-hybridized carbons (Fsp3) is 0.500. The highest BCUT2D eigenvalue weighted by molar-refractivity contribution is 7.10. The van der Waals surface area contributed by atoms with Crippen molar-refractivity contribution in [3.8, 4) is 0 Å². The maximum absolute atomic E-state index is 11.3. The van der Waals surface area contributed by atoms with Crippen LogP contribution in [0.4, 0.5) is 0 Å². The summed E-state index contributed by atoms with van der Waals surface area (Å²) < 4.78 is 4.65. The van der Waals surface area contributed by atoms with Gasteiger partial charge in [0.1, 0.15) is 0 Å². The van der Waals surface area contributed by atoms with Crippen LogP contribution >= 0.6 is 11.3 Å². The van der Waals surface area contributed by atoms with Crippen LogP contribution in [-0.4, -0.2) is 24.8 Å². The Labute approximate surface area is 87.3 Å². The number of hydrogen-bond donors (Lipinski definition) is 1. The van der Waals surface area contributed by atoms with Gasteiger partial charge in [-0.05, 0) is 25.3 Å². The molecule has 0 aromatic carbocycles. The van der Waals surface area contributed by atoms with Gasteiger partial charge in [-0.2, -0.15) is 0 Å². The van der Waals surface area contributed by atoms with Gasteiger partial charge in [0.05, 0.1) is 12.7 Å². The molecule has 4 heteroatoms. The zero-order valence-electron chi connectivity index (χ0n) is 8.37. The summed E-state index contributed by atoms with van der Waals surface area (Å²) in [7, 11) is 1.38. The highest BCUT2D eigenvalue weighted by Gasteiger charge is 2.13. The molecule has 0 aliphatic rings. The normalized spacial score (nSPS) is 10.2. The Morgan fingerprint density at radius 1 is 1.64 bits per heavy atom. The van der Waals surface area contributed by atoms with Crippen molar-refractivity contribution in [3.63, 3.8) is 0 Å². The molecule has 1 N–H and O–H groups in total. The van der Waals surface area contributed by atoms with E-state index >= 15 is 0 Å². The summed E-state index contributed by atoms with van der Waals surface area (Å²) in [6, 6.07) is 0. The molecule has 0 atom stereocenters. The van der Waals surface area contributed by atoms with Crippen LogP contribution in [0.2, 0.25) is 0 Å². The van der Waals surface area contributed by atoms with E-state index in [1.807, 2.05) is 12.3 Å². The van der Waals surface area contributed by atoms with Gasteiger partial charge < -0.3 is 9.84 Å². The molecule has 0 bridgehead atoms. The fourth-order valence-electron chi connectivity index (χ4n) is 1.25. The predicted octanol–water partition coefficient (Wildman–Crippen LogP) is 1.77. The molecule has 1 rings (SSSR count). The van der Waals surface area contributed by atoms with Crippen LogP contribution in [0, 0.1) is 6.92 Å². The minimum atomic E-state index is -0.283. The summed E-state index contributed by atoms with van der Waals surface area (Å²) in [5, 5.41) is 10.5. The van der Waals surface area contributed by atoms with Crippen molar-refractivity contribution in [2.75, 3.05) is 13.7 Å².